The summed E-state index contributed by atoms with van der Waals surface area (Å²) in [6, 6.07) is 12.5. The highest BCUT2D eigenvalue weighted by Crippen LogP contribution is 2.27. The van der Waals surface area contributed by atoms with Crippen LogP contribution < -0.4 is 20.2 Å². The van der Waals surface area contributed by atoms with Gasteiger partial charge in [-0.2, -0.15) is 0 Å². The maximum Gasteiger partial charge on any atom is 0.408 e. The van der Waals surface area contributed by atoms with Gasteiger partial charge in [-0.05, 0) is 64.3 Å². The van der Waals surface area contributed by atoms with Crippen LogP contribution in [0.4, 0.5) is 4.79 Å². The minimum absolute atomic E-state index is 0.0898. The Morgan fingerprint density at radius 1 is 1.03 bits per heavy atom. The normalized spacial score (nSPS) is 12.3. The molecule has 35 heavy (non-hydrogen) atoms. The van der Waals surface area contributed by atoms with Gasteiger partial charge >= 0.3 is 12.1 Å². The summed E-state index contributed by atoms with van der Waals surface area (Å²) in [6.45, 7) is 10.7. The van der Waals surface area contributed by atoms with Crippen molar-refractivity contribution in [3.8, 4) is 17.2 Å². The first-order valence-corrected chi connectivity index (χ1v) is 11.4. The number of rotatable bonds is 7. The molecule has 0 aliphatic carbocycles. The fraction of sp³-hybridized carbons (Fsp3) is 0.370. The van der Waals surface area contributed by atoms with Crippen LogP contribution in [-0.4, -0.2) is 23.7 Å². The second-order valence-electron chi connectivity index (χ2n) is 9.64. The highest BCUT2D eigenvalue weighted by atomic mass is 16.6. The van der Waals surface area contributed by atoms with Crippen molar-refractivity contribution >= 4 is 23.0 Å². The van der Waals surface area contributed by atoms with Crippen molar-refractivity contribution in [2.45, 2.75) is 59.6 Å². The summed E-state index contributed by atoms with van der Waals surface area (Å²) < 4.78 is 22.3. The van der Waals surface area contributed by atoms with Gasteiger partial charge < -0.3 is 23.9 Å². The molecule has 0 fully saturated rings. The maximum atomic E-state index is 13.0. The van der Waals surface area contributed by atoms with Crippen molar-refractivity contribution < 1.29 is 28.2 Å². The van der Waals surface area contributed by atoms with Gasteiger partial charge in [0.1, 0.15) is 34.5 Å². The zero-order chi connectivity index (χ0) is 25.8. The van der Waals surface area contributed by atoms with Gasteiger partial charge in [-0.25, -0.2) is 9.59 Å². The van der Waals surface area contributed by atoms with E-state index in [2.05, 4.69) is 5.32 Å². The van der Waals surface area contributed by atoms with Gasteiger partial charge in [0, 0.05) is 6.07 Å². The number of benzene rings is 2. The molecular weight excluding hydrogens is 450 g/mol. The topological polar surface area (TPSA) is 104 Å². The lowest BCUT2D eigenvalue weighted by atomic mass is 10.0. The average Bonchev–Trinajstić information content (AvgIpc) is 2.75. The SMILES string of the molecule is Cc1oc2cc(OC(=O)[C@H](CC(C)C)NC(=O)OC(C)(C)C)ccc2c(=O)c1Oc1ccccc1. The number of fused-ring (bicyclic) bond motifs is 1. The number of nitrogens with one attached hydrogen (secondary N) is 1. The van der Waals surface area contributed by atoms with Gasteiger partial charge in [-0.1, -0.05) is 32.0 Å². The van der Waals surface area contributed by atoms with Gasteiger partial charge in [0.15, 0.2) is 0 Å². The summed E-state index contributed by atoms with van der Waals surface area (Å²) in [5.74, 6) is 0.545. The van der Waals surface area contributed by atoms with E-state index in [1.54, 1.807) is 52.0 Å². The molecule has 3 aromatic rings. The van der Waals surface area contributed by atoms with Gasteiger partial charge in [0.2, 0.25) is 11.2 Å². The molecule has 1 amide bonds. The Balaban J connectivity index is 1.82. The standard InChI is InChI=1S/C27H31NO7/c1-16(2)14-21(28-26(31)35-27(4,5)6)25(30)34-19-12-13-20-22(15-19)32-17(3)24(23(20)29)33-18-10-8-7-9-11-18/h7-13,15-16,21H,14H2,1-6H3,(H,28,31)/t21-/m0/s1. The summed E-state index contributed by atoms with van der Waals surface area (Å²) >= 11 is 0. The molecule has 186 valence electrons. The van der Waals surface area contributed by atoms with Gasteiger partial charge in [-0.15, -0.1) is 0 Å². The minimum atomic E-state index is -0.907. The van der Waals surface area contributed by atoms with Crippen LogP contribution in [0.3, 0.4) is 0 Å². The Hall–Kier alpha value is -3.81. The Kier molecular flexibility index (Phi) is 7.84. The molecule has 0 spiro atoms. The maximum absolute atomic E-state index is 13.0. The highest BCUT2D eigenvalue weighted by Gasteiger charge is 2.27. The van der Waals surface area contributed by atoms with Gasteiger partial charge in [-0.3, -0.25) is 4.79 Å². The van der Waals surface area contributed by atoms with Crippen LogP contribution in [0.15, 0.2) is 57.7 Å². The minimum Gasteiger partial charge on any atom is -0.457 e. The number of aryl methyl sites for hydroxylation is 1. The van der Waals surface area contributed by atoms with Crippen molar-refractivity contribution in [3.05, 3.63) is 64.5 Å². The molecular formula is C27H31NO7. The van der Waals surface area contributed by atoms with Crippen molar-refractivity contribution in [2.24, 2.45) is 5.92 Å². The Morgan fingerprint density at radius 2 is 1.71 bits per heavy atom. The average molecular weight is 482 g/mol. The summed E-state index contributed by atoms with van der Waals surface area (Å²) in [5, 5.41) is 2.87. The molecule has 8 nitrogen and oxygen atoms in total. The lowest BCUT2D eigenvalue weighted by Crippen LogP contribution is -2.45. The molecule has 0 saturated carbocycles. The third kappa shape index (κ3) is 7.09. The quantitative estimate of drug-likeness (QED) is 0.339. The van der Waals surface area contributed by atoms with Crippen molar-refractivity contribution in [1.82, 2.24) is 5.32 Å². The smallest absolute Gasteiger partial charge is 0.408 e. The molecule has 1 atom stereocenters. The highest BCUT2D eigenvalue weighted by molar-refractivity contribution is 5.85. The molecule has 2 aromatic carbocycles. The molecule has 0 aliphatic heterocycles. The van der Waals surface area contributed by atoms with E-state index in [-0.39, 0.29) is 33.8 Å². The fourth-order valence-electron chi connectivity index (χ4n) is 3.38. The zero-order valence-electron chi connectivity index (χ0n) is 20.8. The number of alkyl carbamates (subject to hydrolysis) is 1. The fourth-order valence-corrected chi connectivity index (χ4v) is 3.38. The lowest BCUT2D eigenvalue weighted by molar-refractivity contribution is -0.137. The van der Waals surface area contributed by atoms with E-state index in [0.29, 0.717) is 17.9 Å². The van der Waals surface area contributed by atoms with Gasteiger partial charge in [0.25, 0.3) is 0 Å². The zero-order valence-corrected chi connectivity index (χ0v) is 20.8. The van der Waals surface area contributed by atoms with Crippen LogP contribution in [0.2, 0.25) is 0 Å². The van der Waals surface area contributed by atoms with E-state index in [0.717, 1.165) is 0 Å². The van der Waals surface area contributed by atoms with E-state index in [9.17, 15) is 14.4 Å². The second-order valence-corrected chi connectivity index (χ2v) is 9.64. The van der Waals surface area contributed by atoms with Crippen molar-refractivity contribution in [2.75, 3.05) is 0 Å². The predicted molar refractivity (Wildman–Crippen MR) is 132 cm³/mol. The molecule has 1 heterocycles. The first-order valence-electron chi connectivity index (χ1n) is 11.4. The number of hydrogen-bond acceptors (Lipinski definition) is 7. The molecule has 0 saturated heterocycles. The van der Waals surface area contributed by atoms with E-state index in [1.165, 1.54) is 18.2 Å². The van der Waals surface area contributed by atoms with Crippen LogP contribution in [-0.2, 0) is 9.53 Å². The molecule has 8 heteroatoms. The van der Waals surface area contributed by atoms with E-state index < -0.39 is 23.7 Å². The van der Waals surface area contributed by atoms with E-state index in [4.69, 9.17) is 18.6 Å². The first-order chi connectivity index (χ1) is 16.4. The van der Waals surface area contributed by atoms with Crippen LogP contribution >= 0.6 is 0 Å². The molecule has 0 bridgehead atoms. The summed E-state index contributed by atoms with van der Waals surface area (Å²) in [6.07, 6.45) is -0.341. The molecule has 3 rings (SSSR count). The number of ether oxygens (including phenoxy) is 3. The molecule has 0 radical (unpaired) electrons. The monoisotopic (exact) mass is 481 g/mol. The van der Waals surface area contributed by atoms with E-state index in [1.807, 2.05) is 19.9 Å². The Bertz CT molecular complexity index is 1260. The van der Waals surface area contributed by atoms with Gasteiger partial charge in [0.05, 0.1) is 5.39 Å². The lowest BCUT2D eigenvalue weighted by Gasteiger charge is -2.23. The van der Waals surface area contributed by atoms with Crippen molar-refractivity contribution in [1.29, 1.82) is 0 Å². The number of hydrogen-bond donors (Lipinski definition) is 1. The Morgan fingerprint density at radius 3 is 2.34 bits per heavy atom. The number of esters is 1. The Labute approximate surface area is 204 Å². The molecule has 0 unspecified atom stereocenters. The number of carbonyl (C=O) groups excluding carboxylic acids is 2. The number of para-hydroxylation sites is 1. The van der Waals surface area contributed by atoms with Crippen LogP contribution in [0.1, 0.15) is 46.8 Å². The summed E-state index contributed by atoms with van der Waals surface area (Å²) in [7, 11) is 0. The van der Waals surface area contributed by atoms with Crippen LogP contribution in [0, 0.1) is 12.8 Å². The second kappa shape index (κ2) is 10.6. The third-order valence-electron chi connectivity index (χ3n) is 4.85. The molecule has 0 aliphatic rings. The summed E-state index contributed by atoms with van der Waals surface area (Å²) in [4.78, 5) is 38.1. The van der Waals surface area contributed by atoms with Crippen molar-refractivity contribution in [3.63, 3.8) is 0 Å². The van der Waals surface area contributed by atoms with Crippen LogP contribution in [0.5, 0.6) is 17.2 Å². The number of amides is 1. The predicted octanol–water partition coefficient (Wildman–Crippen LogP) is 5.74. The third-order valence-corrected chi connectivity index (χ3v) is 4.85. The van der Waals surface area contributed by atoms with Crippen LogP contribution in [0.25, 0.3) is 11.0 Å². The molecule has 1 N–H and O–H groups in total. The number of carbonyl (C=O) groups is 2. The largest absolute Gasteiger partial charge is 0.457 e. The van der Waals surface area contributed by atoms with E-state index >= 15 is 0 Å². The molecule has 1 aromatic heterocycles. The first kappa shape index (κ1) is 25.8. The summed E-state index contributed by atoms with van der Waals surface area (Å²) in [5.41, 5.74) is -0.791.